The molecule has 5 heteroatoms. The maximum atomic E-state index is 6.00. The number of aryl methyl sites for hydroxylation is 1. The van der Waals surface area contributed by atoms with Gasteiger partial charge in [0.25, 0.3) is 0 Å². The summed E-state index contributed by atoms with van der Waals surface area (Å²) in [4.78, 5) is 10.6. The Morgan fingerprint density at radius 3 is 2.53 bits per heavy atom. The van der Waals surface area contributed by atoms with Crippen molar-refractivity contribution in [2.45, 2.75) is 26.7 Å². The van der Waals surface area contributed by atoms with Crippen molar-refractivity contribution < 1.29 is 0 Å². The van der Waals surface area contributed by atoms with Gasteiger partial charge < -0.3 is 10.2 Å². The van der Waals surface area contributed by atoms with Gasteiger partial charge >= 0.3 is 0 Å². The number of aromatic nitrogens is 2. The van der Waals surface area contributed by atoms with Gasteiger partial charge in [-0.05, 0) is 47.3 Å². The molecule has 1 heterocycles. The number of nitrogens with one attached hydrogen (secondary N) is 1. The Morgan fingerprint density at radius 1 is 1.18 bits per heavy atom. The van der Waals surface area contributed by atoms with Gasteiger partial charge in [0.1, 0.15) is 16.8 Å². The first-order chi connectivity index (χ1) is 8.00. The Kier molecular flexibility index (Phi) is 5.65. The molecule has 0 spiro atoms. The molecule has 0 aliphatic carbocycles. The van der Waals surface area contributed by atoms with Gasteiger partial charge in [-0.2, -0.15) is 0 Å². The van der Waals surface area contributed by atoms with Crippen LogP contribution in [-0.2, 0) is 0 Å². The van der Waals surface area contributed by atoms with Crippen LogP contribution in [0.25, 0.3) is 0 Å². The summed E-state index contributed by atoms with van der Waals surface area (Å²) in [7, 11) is 4.18. The standard InChI is InChI=1S/C12H21ClN4/c1-9-11(13)15-10(2)16-12(9)14-7-5-6-8-17(3)4/h5-8H2,1-4H3,(H,14,15,16). The zero-order chi connectivity index (χ0) is 12.8. The first-order valence-electron chi connectivity index (χ1n) is 5.90. The Bertz CT molecular complexity index is 366. The van der Waals surface area contributed by atoms with E-state index in [9.17, 15) is 0 Å². The SMILES string of the molecule is Cc1nc(Cl)c(C)c(NCCCCN(C)C)n1. The fourth-order valence-electron chi connectivity index (χ4n) is 1.53. The lowest BCUT2D eigenvalue weighted by molar-refractivity contribution is 0.396. The molecule has 0 radical (unpaired) electrons. The average Bonchev–Trinajstić information content (AvgIpc) is 2.23. The van der Waals surface area contributed by atoms with Gasteiger partial charge in [0, 0.05) is 12.1 Å². The predicted octanol–water partition coefficient (Wildman–Crippen LogP) is 2.50. The number of hydrogen-bond acceptors (Lipinski definition) is 4. The number of anilines is 1. The number of hydrogen-bond donors (Lipinski definition) is 1. The highest BCUT2D eigenvalue weighted by atomic mass is 35.5. The maximum absolute atomic E-state index is 6.00. The van der Waals surface area contributed by atoms with E-state index in [-0.39, 0.29) is 0 Å². The van der Waals surface area contributed by atoms with E-state index in [0.29, 0.717) is 11.0 Å². The highest BCUT2D eigenvalue weighted by Crippen LogP contribution is 2.19. The molecule has 1 aromatic heterocycles. The van der Waals surface area contributed by atoms with Crippen molar-refractivity contribution in [3.63, 3.8) is 0 Å². The van der Waals surface area contributed by atoms with Gasteiger partial charge in [-0.3, -0.25) is 0 Å². The molecule has 1 N–H and O–H groups in total. The highest BCUT2D eigenvalue weighted by Gasteiger charge is 2.06. The largest absolute Gasteiger partial charge is 0.370 e. The molecule has 0 atom stereocenters. The van der Waals surface area contributed by atoms with E-state index >= 15 is 0 Å². The molecule has 0 fully saturated rings. The second-order valence-corrected chi connectivity index (χ2v) is 4.83. The summed E-state index contributed by atoms with van der Waals surface area (Å²) in [5, 5.41) is 3.85. The van der Waals surface area contributed by atoms with Gasteiger partial charge in [0.2, 0.25) is 0 Å². The van der Waals surface area contributed by atoms with Crippen molar-refractivity contribution in [2.75, 3.05) is 32.5 Å². The van der Waals surface area contributed by atoms with Crippen LogP contribution in [0.2, 0.25) is 5.15 Å². The molecular formula is C12H21ClN4. The fourth-order valence-corrected chi connectivity index (χ4v) is 1.74. The second kappa shape index (κ2) is 6.77. The molecule has 0 amide bonds. The number of unbranched alkanes of at least 4 members (excludes halogenated alkanes) is 1. The lowest BCUT2D eigenvalue weighted by Gasteiger charge is -2.11. The van der Waals surface area contributed by atoms with Crippen molar-refractivity contribution in [1.29, 1.82) is 0 Å². The average molecular weight is 257 g/mol. The summed E-state index contributed by atoms with van der Waals surface area (Å²) in [6, 6.07) is 0. The van der Waals surface area contributed by atoms with Crippen LogP contribution in [0.5, 0.6) is 0 Å². The molecule has 0 aliphatic rings. The lowest BCUT2D eigenvalue weighted by atomic mass is 10.3. The molecule has 96 valence electrons. The fraction of sp³-hybridized carbons (Fsp3) is 0.667. The van der Waals surface area contributed by atoms with Gasteiger partial charge in [-0.1, -0.05) is 11.6 Å². The molecule has 17 heavy (non-hydrogen) atoms. The normalized spacial score (nSPS) is 10.9. The van der Waals surface area contributed by atoms with E-state index in [4.69, 9.17) is 11.6 Å². The molecule has 0 saturated carbocycles. The van der Waals surface area contributed by atoms with Gasteiger partial charge in [-0.15, -0.1) is 0 Å². The van der Waals surface area contributed by atoms with Crippen LogP contribution < -0.4 is 5.32 Å². The van der Waals surface area contributed by atoms with E-state index in [1.165, 1.54) is 6.42 Å². The minimum atomic E-state index is 0.535. The quantitative estimate of drug-likeness (QED) is 0.627. The first kappa shape index (κ1) is 14.2. The number of rotatable bonds is 6. The zero-order valence-electron chi connectivity index (χ0n) is 11.0. The molecule has 4 nitrogen and oxygen atoms in total. The first-order valence-corrected chi connectivity index (χ1v) is 6.28. The molecule has 1 rings (SSSR count). The summed E-state index contributed by atoms with van der Waals surface area (Å²) in [6.45, 7) is 5.82. The van der Waals surface area contributed by atoms with Crippen LogP contribution in [-0.4, -0.2) is 42.1 Å². The molecule has 1 aromatic rings. The summed E-state index contributed by atoms with van der Waals surface area (Å²) in [5.41, 5.74) is 0.921. The topological polar surface area (TPSA) is 41.1 Å². The third kappa shape index (κ3) is 4.88. The summed E-state index contributed by atoms with van der Waals surface area (Å²) < 4.78 is 0. The molecule has 0 bridgehead atoms. The van der Waals surface area contributed by atoms with Crippen molar-refractivity contribution in [1.82, 2.24) is 14.9 Å². The maximum Gasteiger partial charge on any atom is 0.137 e. The summed E-state index contributed by atoms with van der Waals surface area (Å²) in [6.07, 6.45) is 2.30. The van der Waals surface area contributed by atoms with E-state index in [2.05, 4.69) is 34.3 Å². The third-order valence-corrected chi connectivity index (χ3v) is 2.89. The third-order valence-electron chi connectivity index (χ3n) is 2.52. The number of nitrogens with zero attached hydrogens (tertiary/aromatic N) is 3. The van der Waals surface area contributed by atoms with Crippen LogP contribution >= 0.6 is 11.6 Å². The van der Waals surface area contributed by atoms with Crippen molar-refractivity contribution in [2.24, 2.45) is 0 Å². The van der Waals surface area contributed by atoms with Gasteiger partial charge in [0.15, 0.2) is 0 Å². The predicted molar refractivity (Wildman–Crippen MR) is 72.8 cm³/mol. The Hall–Kier alpha value is -0.870. The summed E-state index contributed by atoms with van der Waals surface area (Å²) >= 11 is 6.00. The Balaban J connectivity index is 2.41. The molecular weight excluding hydrogens is 236 g/mol. The van der Waals surface area contributed by atoms with Crippen LogP contribution in [0, 0.1) is 13.8 Å². The molecule has 0 aromatic carbocycles. The summed E-state index contributed by atoms with van der Waals surface area (Å²) in [5.74, 6) is 1.56. The molecule has 0 saturated heterocycles. The minimum absolute atomic E-state index is 0.535. The molecule has 0 unspecified atom stereocenters. The van der Waals surface area contributed by atoms with Crippen LogP contribution in [0.4, 0.5) is 5.82 Å². The van der Waals surface area contributed by atoms with Crippen LogP contribution in [0.3, 0.4) is 0 Å². The highest BCUT2D eigenvalue weighted by molar-refractivity contribution is 6.30. The van der Waals surface area contributed by atoms with E-state index in [0.717, 1.165) is 30.9 Å². The molecule has 0 aliphatic heterocycles. The monoisotopic (exact) mass is 256 g/mol. The van der Waals surface area contributed by atoms with Crippen LogP contribution in [0.1, 0.15) is 24.2 Å². The van der Waals surface area contributed by atoms with Crippen molar-refractivity contribution >= 4 is 17.4 Å². The Labute approximate surface area is 108 Å². The Morgan fingerprint density at radius 2 is 1.88 bits per heavy atom. The second-order valence-electron chi connectivity index (χ2n) is 4.47. The van der Waals surface area contributed by atoms with E-state index in [1.807, 2.05) is 13.8 Å². The van der Waals surface area contributed by atoms with Crippen LogP contribution in [0.15, 0.2) is 0 Å². The lowest BCUT2D eigenvalue weighted by Crippen LogP contribution is -2.14. The zero-order valence-corrected chi connectivity index (χ0v) is 11.8. The van der Waals surface area contributed by atoms with Gasteiger partial charge in [-0.25, -0.2) is 9.97 Å². The van der Waals surface area contributed by atoms with E-state index < -0.39 is 0 Å². The van der Waals surface area contributed by atoms with E-state index in [1.54, 1.807) is 0 Å². The number of halogens is 1. The van der Waals surface area contributed by atoms with Crippen molar-refractivity contribution in [3.8, 4) is 0 Å². The van der Waals surface area contributed by atoms with Crippen molar-refractivity contribution in [3.05, 3.63) is 16.5 Å². The smallest absolute Gasteiger partial charge is 0.137 e. The van der Waals surface area contributed by atoms with Gasteiger partial charge in [0.05, 0.1) is 0 Å². The minimum Gasteiger partial charge on any atom is -0.370 e.